The third kappa shape index (κ3) is 5.40. The van der Waals surface area contributed by atoms with Gasteiger partial charge in [0.2, 0.25) is 5.91 Å². The third-order valence-electron chi connectivity index (χ3n) is 4.31. The Hall–Kier alpha value is -2.24. The van der Waals surface area contributed by atoms with Crippen LogP contribution in [0.2, 0.25) is 0 Å². The van der Waals surface area contributed by atoms with Crippen molar-refractivity contribution in [3.8, 4) is 0 Å². The van der Waals surface area contributed by atoms with Crippen LogP contribution in [0.25, 0.3) is 0 Å². The van der Waals surface area contributed by atoms with E-state index >= 15 is 0 Å². The maximum absolute atomic E-state index is 13.5. The van der Waals surface area contributed by atoms with Crippen molar-refractivity contribution in [3.63, 3.8) is 0 Å². The molecular formula is C17H22F4N4O3. The van der Waals surface area contributed by atoms with Crippen molar-refractivity contribution in [1.82, 2.24) is 4.90 Å². The lowest BCUT2D eigenvalue weighted by molar-refractivity contribution is -0.125. The van der Waals surface area contributed by atoms with Crippen LogP contribution in [0.15, 0.2) is 18.2 Å². The molecule has 156 valence electrons. The number of nitrogens with two attached hydrogens (primary N) is 1. The SMILES string of the molecule is CN(CC(F)F)[C@H](CN)C(=O)Nc1ccc(N2CCOCC2=O)cc1C(F)F. The summed E-state index contributed by atoms with van der Waals surface area (Å²) in [6.07, 6.45) is -5.60. The minimum Gasteiger partial charge on any atom is -0.370 e. The van der Waals surface area contributed by atoms with Gasteiger partial charge in [0, 0.05) is 30.0 Å². The molecule has 0 aromatic heterocycles. The van der Waals surface area contributed by atoms with Gasteiger partial charge in [0.05, 0.1) is 13.2 Å². The first kappa shape index (κ1) is 22.1. The molecule has 3 N–H and O–H groups in total. The maximum atomic E-state index is 13.5. The van der Waals surface area contributed by atoms with Gasteiger partial charge in [-0.05, 0) is 25.2 Å². The summed E-state index contributed by atoms with van der Waals surface area (Å²) >= 11 is 0. The molecule has 0 aliphatic carbocycles. The molecule has 0 spiro atoms. The van der Waals surface area contributed by atoms with E-state index in [0.29, 0.717) is 0 Å². The first-order valence-electron chi connectivity index (χ1n) is 8.54. The first-order valence-corrected chi connectivity index (χ1v) is 8.54. The molecule has 7 nitrogen and oxygen atoms in total. The van der Waals surface area contributed by atoms with Crippen LogP contribution in [0, 0.1) is 0 Å². The smallest absolute Gasteiger partial charge is 0.265 e. The molecule has 1 heterocycles. The number of benzene rings is 1. The van der Waals surface area contributed by atoms with Crippen molar-refractivity contribution >= 4 is 23.2 Å². The highest BCUT2D eigenvalue weighted by Crippen LogP contribution is 2.32. The number of ether oxygens (including phenoxy) is 1. The lowest BCUT2D eigenvalue weighted by atomic mass is 10.1. The zero-order chi connectivity index (χ0) is 20.8. The Morgan fingerprint density at radius 3 is 2.64 bits per heavy atom. The van der Waals surface area contributed by atoms with Gasteiger partial charge in [-0.2, -0.15) is 0 Å². The van der Waals surface area contributed by atoms with E-state index in [9.17, 15) is 27.2 Å². The van der Waals surface area contributed by atoms with Gasteiger partial charge in [0.25, 0.3) is 18.8 Å². The lowest BCUT2D eigenvalue weighted by Crippen LogP contribution is -2.48. The predicted octanol–water partition coefficient (Wildman–Crippen LogP) is 1.45. The van der Waals surface area contributed by atoms with Gasteiger partial charge >= 0.3 is 0 Å². The number of anilines is 2. The number of nitrogens with zero attached hydrogens (tertiary/aromatic N) is 2. The van der Waals surface area contributed by atoms with E-state index in [1.807, 2.05) is 0 Å². The summed E-state index contributed by atoms with van der Waals surface area (Å²) in [4.78, 5) is 26.6. The van der Waals surface area contributed by atoms with E-state index in [1.165, 1.54) is 24.1 Å². The predicted molar refractivity (Wildman–Crippen MR) is 94.7 cm³/mol. The highest BCUT2D eigenvalue weighted by atomic mass is 19.3. The second-order valence-electron chi connectivity index (χ2n) is 6.24. The third-order valence-corrected chi connectivity index (χ3v) is 4.31. The van der Waals surface area contributed by atoms with Crippen LogP contribution in [0.3, 0.4) is 0 Å². The molecule has 1 atom stereocenters. The van der Waals surface area contributed by atoms with Gasteiger partial charge in [-0.1, -0.05) is 0 Å². The Morgan fingerprint density at radius 2 is 2.07 bits per heavy atom. The van der Waals surface area contributed by atoms with E-state index in [-0.39, 0.29) is 43.6 Å². The van der Waals surface area contributed by atoms with Gasteiger partial charge < -0.3 is 20.7 Å². The number of hydrogen-bond donors (Lipinski definition) is 2. The average Bonchev–Trinajstić information content (AvgIpc) is 2.62. The van der Waals surface area contributed by atoms with Crippen molar-refractivity contribution in [2.45, 2.75) is 18.9 Å². The number of alkyl halides is 4. The van der Waals surface area contributed by atoms with Crippen LogP contribution < -0.4 is 16.0 Å². The molecule has 1 aromatic carbocycles. The molecule has 0 radical (unpaired) electrons. The summed E-state index contributed by atoms with van der Waals surface area (Å²) in [6, 6.07) is 2.67. The molecular weight excluding hydrogens is 384 g/mol. The second kappa shape index (κ2) is 9.80. The summed E-state index contributed by atoms with van der Waals surface area (Å²) in [7, 11) is 1.30. The maximum Gasteiger partial charge on any atom is 0.265 e. The standard InChI is InChI=1S/C17H22F4N4O3/c1-24(8-14(18)19)13(7-22)17(27)23-12-3-2-10(6-11(12)16(20)21)25-4-5-28-9-15(25)26/h2-3,6,13-14,16H,4-5,7-9,22H2,1H3,(H,23,27)/t13-/m1/s1. The quantitative estimate of drug-likeness (QED) is 0.638. The van der Waals surface area contributed by atoms with Gasteiger partial charge in [-0.15, -0.1) is 0 Å². The number of carbonyl (C=O) groups excluding carboxylic acids is 2. The van der Waals surface area contributed by atoms with E-state index < -0.39 is 36.9 Å². The Labute approximate surface area is 159 Å². The van der Waals surface area contributed by atoms with Crippen molar-refractivity contribution in [3.05, 3.63) is 23.8 Å². The van der Waals surface area contributed by atoms with E-state index in [1.54, 1.807) is 0 Å². The number of halogens is 4. The molecule has 2 rings (SSSR count). The average molecular weight is 406 g/mol. The number of amides is 2. The fraction of sp³-hybridized carbons (Fsp3) is 0.529. The molecule has 28 heavy (non-hydrogen) atoms. The van der Waals surface area contributed by atoms with E-state index in [2.05, 4.69) is 5.32 Å². The van der Waals surface area contributed by atoms with Gasteiger partial charge in [0.1, 0.15) is 12.6 Å². The fourth-order valence-corrected chi connectivity index (χ4v) is 2.85. The molecule has 0 saturated carbocycles. The highest BCUT2D eigenvalue weighted by molar-refractivity contribution is 5.97. The number of carbonyl (C=O) groups is 2. The van der Waals surface area contributed by atoms with Gasteiger partial charge in [-0.25, -0.2) is 17.6 Å². The topological polar surface area (TPSA) is 87.9 Å². The van der Waals surface area contributed by atoms with Crippen LogP contribution >= 0.6 is 0 Å². The fourth-order valence-electron chi connectivity index (χ4n) is 2.85. The highest BCUT2D eigenvalue weighted by Gasteiger charge is 2.27. The Kier molecular flexibility index (Phi) is 7.72. The minimum atomic E-state index is -2.93. The first-order chi connectivity index (χ1) is 13.2. The number of morpholine rings is 1. The number of likely N-dealkylation sites (N-methyl/N-ethyl adjacent to an activating group) is 1. The van der Waals surface area contributed by atoms with Crippen LogP contribution in [-0.2, 0) is 14.3 Å². The molecule has 1 aromatic rings. The van der Waals surface area contributed by atoms with E-state index in [4.69, 9.17) is 10.5 Å². The normalized spacial score (nSPS) is 16.2. The van der Waals surface area contributed by atoms with Crippen LogP contribution in [-0.4, -0.2) is 69.1 Å². The molecule has 0 bridgehead atoms. The Morgan fingerprint density at radius 1 is 1.36 bits per heavy atom. The van der Waals surface area contributed by atoms with Gasteiger partial charge in [-0.3, -0.25) is 14.5 Å². The second-order valence-corrected chi connectivity index (χ2v) is 6.24. The molecule has 2 amide bonds. The summed E-state index contributed by atoms with van der Waals surface area (Å²) < 4.78 is 57.1. The molecule has 11 heteroatoms. The molecule has 1 fully saturated rings. The Bertz CT molecular complexity index is 705. The molecule has 0 unspecified atom stereocenters. The number of rotatable bonds is 8. The zero-order valence-corrected chi connectivity index (χ0v) is 15.2. The number of nitrogens with one attached hydrogen (secondary N) is 1. The van der Waals surface area contributed by atoms with Gasteiger partial charge in [0.15, 0.2) is 0 Å². The van der Waals surface area contributed by atoms with Crippen molar-refractivity contribution in [1.29, 1.82) is 0 Å². The van der Waals surface area contributed by atoms with Crippen molar-refractivity contribution in [2.75, 3.05) is 50.1 Å². The Balaban J connectivity index is 2.22. The lowest BCUT2D eigenvalue weighted by Gasteiger charge is -2.28. The largest absolute Gasteiger partial charge is 0.370 e. The van der Waals surface area contributed by atoms with Crippen molar-refractivity contribution in [2.24, 2.45) is 5.73 Å². The van der Waals surface area contributed by atoms with Crippen LogP contribution in [0.1, 0.15) is 12.0 Å². The van der Waals surface area contributed by atoms with Crippen molar-refractivity contribution < 1.29 is 31.9 Å². The van der Waals surface area contributed by atoms with E-state index in [0.717, 1.165) is 11.0 Å². The minimum absolute atomic E-state index is 0.142. The summed E-state index contributed by atoms with van der Waals surface area (Å²) in [5.74, 6) is -1.14. The molecule has 1 aliphatic rings. The molecule has 1 aliphatic heterocycles. The monoisotopic (exact) mass is 406 g/mol. The van der Waals surface area contributed by atoms with Crippen LogP contribution in [0.4, 0.5) is 28.9 Å². The zero-order valence-electron chi connectivity index (χ0n) is 15.2. The summed E-state index contributed by atoms with van der Waals surface area (Å²) in [5, 5.41) is 2.32. The number of hydrogen-bond acceptors (Lipinski definition) is 5. The van der Waals surface area contributed by atoms with Crippen LogP contribution in [0.5, 0.6) is 0 Å². The summed E-state index contributed by atoms with van der Waals surface area (Å²) in [5.41, 5.74) is 5.08. The molecule has 1 saturated heterocycles. The summed E-state index contributed by atoms with van der Waals surface area (Å²) in [6.45, 7) is -0.588.